The zero-order valence-corrected chi connectivity index (χ0v) is 13.2. The molecule has 0 saturated carbocycles. The average Bonchev–Trinajstić information content (AvgIpc) is 2.55. The Morgan fingerprint density at radius 3 is 2.43 bits per heavy atom. The molecule has 0 heterocycles. The zero-order chi connectivity index (χ0) is 16.8. The van der Waals surface area contributed by atoms with E-state index in [0.29, 0.717) is 12.1 Å². The molecule has 0 saturated heterocycles. The predicted molar refractivity (Wildman–Crippen MR) is 90.4 cm³/mol. The van der Waals surface area contributed by atoms with Crippen molar-refractivity contribution < 1.29 is 9.72 Å². The fourth-order valence-corrected chi connectivity index (χ4v) is 2.28. The van der Waals surface area contributed by atoms with E-state index in [2.05, 4.69) is 5.32 Å². The van der Waals surface area contributed by atoms with Gasteiger partial charge in [-0.25, -0.2) is 0 Å². The third-order valence-corrected chi connectivity index (χ3v) is 3.65. The minimum absolute atomic E-state index is 0.0250. The van der Waals surface area contributed by atoms with Gasteiger partial charge in [-0.2, -0.15) is 0 Å². The summed E-state index contributed by atoms with van der Waals surface area (Å²) in [7, 11) is 0. The third kappa shape index (κ3) is 4.64. The minimum Gasteiger partial charge on any atom is -0.378 e. The zero-order valence-electron chi connectivity index (χ0n) is 13.2. The van der Waals surface area contributed by atoms with Crippen LogP contribution in [0.15, 0.2) is 54.6 Å². The van der Waals surface area contributed by atoms with E-state index in [1.54, 1.807) is 12.1 Å². The van der Waals surface area contributed by atoms with Crippen molar-refractivity contribution in [1.29, 1.82) is 0 Å². The Morgan fingerprint density at radius 2 is 1.83 bits per heavy atom. The van der Waals surface area contributed by atoms with E-state index in [-0.39, 0.29) is 23.4 Å². The fraction of sp³-hybridized carbons (Fsp3) is 0.278. The van der Waals surface area contributed by atoms with Gasteiger partial charge in [0.2, 0.25) is 0 Å². The van der Waals surface area contributed by atoms with Gasteiger partial charge in [-0.1, -0.05) is 50.2 Å². The molecule has 5 heteroatoms. The van der Waals surface area contributed by atoms with E-state index in [1.807, 2.05) is 44.2 Å². The number of carbonyl (C=O) groups excluding carboxylic acids is 1. The van der Waals surface area contributed by atoms with Gasteiger partial charge in [0.05, 0.1) is 11.0 Å². The SMILES string of the molecule is CC(C)C(=O)CC(Nc1cccc([N+](=O)[O-])c1)c1ccccc1. The molecular formula is C18H20N2O3. The van der Waals surface area contributed by atoms with Crippen molar-refractivity contribution in [3.8, 4) is 0 Å². The van der Waals surface area contributed by atoms with Crippen LogP contribution in [0.5, 0.6) is 0 Å². The van der Waals surface area contributed by atoms with Gasteiger partial charge < -0.3 is 5.32 Å². The second kappa shape index (κ2) is 7.54. The summed E-state index contributed by atoms with van der Waals surface area (Å²) >= 11 is 0. The van der Waals surface area contributed by atoms with Crippen LogP contribution in [0.2, 0.25) is 0 Å². The Hall–Kier alpha value is -2.69. The number of nitro groups is 1. The summed E-state index contributed by atoms with van der Waals surface area (Å²) in [4.78, 5) is 22.6. The van der Waals surface area contributed by atoms with Crippen LogP contribution in [0, 0.1) is 16.0 Å². The van der Waals surface area contributed by atoms with E-state index in [9.17, 15) is 14.9 Å². The van der Waals surface area contributed by atoms with Crippen molar-refractivity contribution in [3.63, 3.8) is 0 Å². The number of nitrogens with one attached hydrogen (secondary N) is 1. The maximum Gasteiger partial charge on any atom is 0.271 e. The van der Waals surface area contributed by atoms with Crippen LogP contribution in [-0.2, 0) is 4.79 Å². The number of benzene rings is 2. The molecule has 0 aromatic heterocycles. The van der Waals surface area contributed by atoms with Gasteiger partial charge in [0.15, 0.2) is 0 Å². The maximum atomic E-state index is 12.1. The molecule has 1 atom stereocenters. The van der Waals surface area contributed by atoms with Crippen LogP contribution >= 0.6 is 0 Å². The number of rotatable bonds is 7. The van der Waals surface area contributed by atoms with E-state index in [0.717, 1.165) is 5.56 Å². The minimum atomic E-state index is -0.429. The Balaban J connectivity index is 2.25. The van der Waals surface area contributed by atoms with Gasteiger partial charge in [-0.15, -0.1) is 0 Å². The first-order valence-electron chi connectivity index (χ1n) is 7.56. The van der Waals surface area contributed by atoms with Crippen LogP contribution in [0.3, 0.4) is 0 Å². The van der Waals surface area contributed by atoms with E-state index < -0.39 is 4.92 Å². The molecule has 0 bridgehead atoms. The smallest absolute Gasteiger partial charge is 0.271 e. The fourth-order valence-electron chi connectivity index (χ4n) is 2.28. The molecule has 23 heavy (non-hydrogen) atoms. The molecular weight excluding hydrogens is 292 g/mol. The number of anilines is 1. The quantitative estimate of drug-likeness (QED) is 0.609. The third-order valence-electron chi connectivity index (χ3n) is 3.65. The second-order valence-electron chi connectivity index (χ2n) is 5.74. The Kier molecular flexibility index (Phi) is 5.46. The first-order chi connectivity index (χ1) is 11.0. The lowest BCUT2D eigenvalue weighted by atomic mass is 9.96. The number of Topliss-reactive ketones (excluding diaryl/α,β-unsaturated/α-hetero) is 1. The van der Waals surface area contributed by atoms with E-state index >= 15 is 0 Å². The van der Waals surface area contributed by atoms with Crippen LogP contribution in [0.25, 0.3) is 0 Å². The van der Waals surface area contributed by atoms with Gasteiger partial charge >= 0.3 is 0 Å². The first kappa shape index (κ1) is 16.7. The number of carbonyl (C=O) groups is 1. The summed E-state index contributed by atoms with van der Waals surface area (Å²) in [5, 5.41) is 14.2. The molecule has 2 aromatic carbocycles. The van der Waals surface area contributed by atoms with Crippen molar-refractivity contribution >= 4 is 17.2 Å². The number of ketones is 1. The summed E-state index contributed by atoms with van der Waals surface area (Å²) in [6.07, 6.45) is 0.338. The molecule has 0 amide bonds. The molecule has 5 nitrogen and oxygen atoms in total. The molecule has 0 radical (unpaired) electrons. The van der Waals surface area contributed by atoms with E-state index in [1.165, 1.54) is 12.1 Å². The Labute approximate surface area is 135 Å². The van der Waals surface area contributed by atoms with Gasteiger partial charge in [-0.05, 0) is 11.6 Å². The van der Waals surface area contributed by atoms with Crippen molar-refractivity contribution in [3.05, 3.63) is 70.3 Å². The number of non-ortho nitro benzene ring substituents is 1. The number of nitrogens with zero attached hydrogens (tertiary/aromatic N) is 1. The number of hydrogen-bond acceptors (Lipinski definition) is 4. The average molecular weight is 312 g/mol. The predicted octanol–water partition coefficient (Wildman–Crippen LogP) is 4.36. The second-order valence-corrected chi connectivity index (χ2v) is 5.74. The lowest BCUT2D eigenvalue weighted by molar-refractivity contribution is -0.384. The van der Waals surface area contributed by atoms with Crippen LogP contribution in [0.4, 0.5) is 11.4 Å². The van der Waals surface area contributed by atoms with Gasteiger partial charge in [-0.3, -0.25) is 14.9 Å². The van der Waals surface area contributed by atoms with Crippen LogP contribution < -0.4 is 5.32 Å². The van der Waals surface area contributed by atoms with Crippen molar-refractivity contribution in [2.75, 3.05) is 5.32 Å². The van der Waals surface area contributed by atoms with Crippen molar-refractivity contribution in [2.45, 2.75) is 26.3 Å². The first-order valence-corrected chi connectivity index (χ1v) is 7.56. The molecule has 1 N–H and O–H groups in total. The summed E-state index contributed by atoms with van der Waals surface area (Å²) in [6.45, 7) is 3.75. The van der Waals surface area contributed by atoms with E-state index in [4.69, 9.17) is 0 Å². The highest BCUT2D eigenvalue weighted by Gasteiger charge is 2.18. The van der Waals surface area contributed by atoms with Crippen molar-refractivity contribution in [2.24, 2.45) is 5.92 Å². The lowest BCUT2D eigenvalue weighted by Crippen LogP contribution is -2.18. The molecule has 2 aromatic rings. The number of nitro benzene ring substituents is 1. The molecule has 1 unspecified atom stereocenters. The molecule has 2 rings (SSSR count). The monoisotopic (exact) mass is 312 g/mol. The standard InChI is InChI=1S/C18H20N2O3/c1-13(2)18(21)12-17(14-7-4-3-5-8-14)19-15-9-6-10-16(11-15)20(22)23/h3-11,13,17,19H,12H2,1-2H3. The summed E-state index contributed by atoms with van der Waals surface area (Å²) in [5.41, 5.74) is 1.63. The lowest BCUT2D eigenvalue weighted by Gasteiger charge is -2.20. The number of hydrogen-bond donors (Lipinski definition) is 1. The summed E-state index contributed by atoms with van der Waals surface area (Å²) in [6, 6.07) is 15.7. The molecule has 0 aliphatic rings. The summed E-state index contributed by atoms with van der Waals surface area (Å²) in [5.74, 6) is 0.102. The largest absolute Gasteiger partial charge is 0.378 e. The highest BCUT2D eigenvalue weighted by atomic mass is 16.6. The molecule has 120 valence electrons. The van der Waals surface area contributed by atoms with Crippen molar-refractivity contribution in [1.82, 2.24) is 0 Å². The normalized spacial score (nSPS) is 12.0. The maximum absolute atomic E-state index is 12.1. The molecule has 0 spiro atoms. The molecule has 0 fully saturated rings. The Morgan fingerprint density at radius 1 is 1.13 bits per heavy atom. The molecule has 0 aliphatic carbocycles. The van der Waals surface area contributed by atoms with Gasteiger partial charge in [0.25, 0.3) is 5.69 Å². The Bertz CT molecular complexity index is 684. The highest BCUT2D eigenvalue weighted by Crippen LogP contribution is 2.26. The van der Waals surface area contributed by atoms with Gasteiger partial charge in [0.1, 0.15) is 5.78 Å². The summed E-state index contributed by atoms with van der Waals surface area (Å²) < 4.78 is 0. The van der Waals surface area contributed by atoms with Gasteiger partial charge in [0, 0.05) is 30.2 Å². The van der Waals surface area contributed by atoms with Crippen LogP contribution in [0.1, 0.15) is 31.9 Å². The topological polar surface area (TPSA) is 72.2 Å². The van der Waals surface area contributed by atoms with Crippen LogP contribution in [-0.4, -0.2) is 10.7 Å². The highest BCUT2D eigenvalue weighted by molar-refractivity contribution is 5.81. The molecule has 0 aliphatic heterocycles.